The predicted molar refractivity (Wildman–Crippen MR) is 55.4 cm³/mol. The van der Waals surface area contributed by atoms with Crippen LogP contribution < -0.4 is 5.32 Å². The van der Waals surface area contributed by atoms with Gasteiger partial charge in [0.1, 0.15) is 6.54 Å². The molecule has 84 valence electrons. The van der Waals surface area contributed by atoms with Crippen LogP contribution in [0.5, 0.6) is 0 Å². The molecule has 0 saturated carbocycles. The Morgan fingerprint density at radius 3 is 2.80 bits per heavy atom. The lowest BCUT2D eigenvalue weighted by Crippen LogP contribution is -2.41. The van der Waals surface area contributed by atoms with Crippen molar-refractivity contribution in [3.8, 4) is 0 Å². The first-order valence-electron chi connectivity index (χ1n) is 5.55. The van der Waals surface area contributed by atoms with Crippen LogP contribution in [0.25, 0.3) is 0 Å². The van der Waals surface area contributed by atoms with Gasteiger partial charge in [0.15, 0.2) is 0 Å². The molecule has 1 N–H and O–H groups in total. The van der Waals surface area contributed by atoms with E-state index >= 15 is 0 Å². The Balaban J connectivity index is 1.96. The Labute approximate surface area is 89.4 Å². The van der Waals surface area contributed by atoms with Crippen molar-refractivity contribution in [2.24, 2.45) is 0 Å². The van der Waals surface area contributed by atoms with Gasteiger partial charge in [-0.1, -0.05) is 0 Å². The average Bonchev–Trinajstić information content (AvgIpc) is 2.81. The number of imide groups is 1. The molecule has 0 radical (unpaired) electrons. The summed E-state index contributed by atoms with van der Waals surface area (Å²) >= 11 is 0. The molecule has 2 aliphatic heterocycles. The van der Waals surface area contributed by atoms with Gasteiger partial charge in [0.25, 0.3) is 0 Å². The van der Waals surface area contributed by atoms with E-state index in [2.05, 4.69) is 5.32 Å². The van der Waals surface area contributed by atoms with E-state index in [0.717, 1.165) is 19.4 Å². The van der Waals surface area contributed by atoms with Crippen molar-refractivity contribution < 1.29 is 9.59 Å². The second-order valence-electron chi connectivity index (χ2n) is 4.09. The SMILES string of the molecule is CCN1CC(=O)N(CC2CCCN2)C1=O. The molecule has 2 aliphatic rings. The van der Waals surface area contributed by atoms with Crippen molar-refractivity contribution in [1.82, 2.24) is 15.1 Å². The lowest BCUT2D eigenvalue weighted by Gasteiger charge is -2.19. The normalized spacial score (nSPS) is 26.9. The van der Waals surface area contributed by atoms with Crippen molar-refractivity contribution in [2.75, 3.05) is 26.2 Å². The highest BCUT2D eigenvalue weighted by molar-refractivity contribution is 6.02. The summed E-state index contributed by atoms with van der Waals surface area (Å²) < 4.78 is 0. The standard InChI is InChI=1S/C10H17N3O2/c1-2-12-7-9(14)13(10(12)15)6-8-4-3-5-11-8/h8,11H,2-7H2,1H3. The molecule has 0 bridgehead atoms. The fourth-order valence-corrected chi connectivity index (χ4v) is 2.15. The zero-order valence-electron chi connectivity index (χ0n) is 9.03. The number of hydrogen-bond acceptors (Lipinski definition) is 3. The first kappa shape index (κ1) is 10.4. The van der Waals surface area contributed by atoms with Gasteiger partial charge in [-0.25, -0.2) is 4.79 Å². The van der Waals surface area contributed by atoms with Crippen molar-refractivity contribution in [2.45, 2.75) is 25.8 Å². The van der Waals surface area contributed by atoms with Crippen molar-refractivity contribution in [1.29, 1.82) is 0 Å². The van der Waals surface area contributed by atoms with Gasteiger partial charge < -0.3 is 10.2 Å². The summed E-state index contributed by atoms with van der Waals surface area (Å²) in [5.74, 6) is -0.0597. The van der Waals surface area contributed by atoms with Crippen LogP contribution >= 0.6 is 0 Å². The first-order chi connectivity index (χ1) is 7.22. The molecule has 3 amide bonds. The number of likely N-dealkylation sites (N-methyl/N-ethyl adjacent to an activating group) is 1. The molecular formula is C10H17N3O2. The van der Waals surface area contributed by atoms with Crippen molar-refractivity contribution in [3.63, 3.8) is 0 Å². The Kier molecular flexibility index (Phi) is 2.90. The fraction of sp³-hybridized carbons (Fsp3) is 0.800. The molecule has 1 unspecified atom stereocenters. The topological polar surface area (TPSA) is 52.7 Å². The first-order valence-corrected chi connectivity index (χ1v) is 5.55. The smallest absolute Gasteiger partial charge is 0.315 e. The Morgan fingerprint density at radius 1 is 1.47 bits per heavy atom. The van der Waals surface area contributed by atoms with Gasteiger partial charge in [-0.2, -0.15) is 0 Å². The van der Waals surface area contributed by atoms with Gasteiger partial charge >= 0.3 is 6.03 Å². The lowest BCUT2D eigenvalue weighted by atomic mass is 10.2. The predicted octanol–water partition coefficient (Wildman–Crippen LogP) is 0.0225. The minimum absolute atomic E-state index is 0.0597. The van der Waals surface area contributed by atoms with E-state index in [0.29, 0.717) is 19.1 Å². The highest BCUT2D eigenvalue weighted by atomic mass is 16.2. The zero-order chi connectivity index (χ0) is 10.8. The lowest BCUT2D eigenvalue weighted by molar-refractivity contribution is -0.125. The van der Waals surface area contributed by atoms with Gasteiger partial charge in [0, 0.05) is 19.1 Å². The van der Waals surface area contributed by atoms with E-state index in [4.69, 9.17) is 0 Å². The molecule has 0 aromatic rings. The highest BCUT2D eigenvalue weighted by Crippen LogP contribution is 2.13. The minimum Gasteiger partial charge on any atom is -0.315 e. The van der Waals surface area contributed by atoms with E-state index in [-0.39, 0.29) is 18.5 Å². The number of carbonyl (C=O) groups excluding carboxylic acids is 2. The van der Waals surface area contributed by atoms with Crippen LogP contribution in [-0.2, 0) is 4.79 Å². The number of hydrogen-bond donors (Lipinski definition) is 1. The molecule has 0 aromatic carbocycles. The number of urea groups is 1. The Bertz CT molecular complexity index is 274. The number of carbonyl (C=O) groups is 2. The minimum atomic E-state index is -0.129. The van der Waals surface area contributed by atoms with Crippen LogP contribution in [0.4, 0.5) is 4.79 Å². The Hall–Kier alpha value is -1.10. The largest absolute Gasteiger partial charge is 0.327 e. The maximum Gasteiger partial charge on any atom is 0.327 e. The summed E-state index contributed by atoms with van der Waals surface area (Å²) in [6.07, 6.45) is 2.20. The maximum atomic E-state index is 11.7. The molecule has 1 atom stereocenters. The summed E-state index contributed by atoms with van der Waals surface area (Å²) in [5.41, 5.74) is 0. The summed E-state index contributed by atoms with van der Waals surface area (Å²) in [6.45, 7) is 4.29. The summed E-state index contributed by atoms with van der Waals surface area (Å²) in [6, 6.07) is 0.172. The maximum absolute atomic E-state index is 11.7. The van der Waals surface area contributed by atoms with Crippen LogP contribution in [0.2, 0.25) is 0 Å². The zero-order valence-corrected chi connectivity index (χ0v) is 9.03. The van der Waals surface area contributed by atoms with Crippen LogP contribution in [0.3, 0.4) is 0 Å². The molecule has 15 heavy (non-hydrogen) atoms. The van der Waals surface area contributed by atoms with E-state index in [1.807, 2.05) is 6.92 Å². The Morgan fingerprint density at radius 2 is 2.27 bits per heavy atom. The number of amides is 3. The number of nitrogens with one attached hydrogen (secondary N) is 1. The third-order valence-corrected chi connectivity index (χ3v) is 3.08. The van der Waals surface area contributed by atoms with Gasteiger partial charge in [0.2, 0.25) is 5.91 Å². The number of rotatable bonds is 3. The van der Waals surface area contributed by atoms with Gasteiger partial charge in [0.05, 0.1) is 0 Å². The van der Waals surface area contributed by atoms with E-state index in [9.17, 15) is 9.59 Å². The van der Waals surface area contributed by atoms with Gasteiger partial charge in [-0.15, -0.1) is 0 Å². The molecule has 2 fully saturated rings. The molecule has 2 saturated heterocycles. The fourth-order valence-electron chi connectivity index (χ4n) is 2.15. The third kappa shape index (κ3) is 1.97. The highest BCUT2D eigenvalue weighted by Gasteiger charge is 2.36. The van der Waals surface area contributed by atoms with Crippen LogP contribution in [0, 0.1) is 0 Å². The molecule has 5 heteroatoms. The number of nitrogens with zero attached hydrogens (tertiary/aromatic N) is 2. The quantitative estimate of drug-likeness (QED) is 0.670. The third-order valence-electron chi connectivity index (χ3n) is 3.08. The van der Waals surface area contributed by atoms with Crippen molar-refractivity contribution >= 4 is 11.9 Å². The van der Waals surface area contributed by atoms with E-state index in [1.54, 1.807) is 4.90 Å². The van der Waals surface area contributed by atoms with Gasteiger partial charge in [-0.05, 0) is 26.3 Å². The monoisotopic (exact) mass is 211 g/mol. The second-order valence-corrected chi connectivity index (χ2v) is 4.09. The molecule has 2 heterocycles. The summed E-state index contributed by atoms with van der Waals surface area (Å²) in [4.78, 5) is 26.3. The van der Waals surface area contributed by atoms with E-state index < -0.39 is 0 Å². The average molecular weight is 211 g/mol. The van der Waals surface area contributed by atoms with Crippen molar-refractivity contribution in [3.05, 3.63) is 0 Å². The molecular weight excluding hydrogens is 194 g/mol. The molecule has 0 aliphatic carbocycles. The molecule has 0 aromatic heterocycles. The van der Waals surface area contributed by atoms with Crippen LogP contribution in [0.1, 0.15) is 19.8 Å². The second kappa shape index (κ2) is 4.18. The molecule has 0 spiro atoms. The summed E-state index contributed by atoms with van der Waals surface area (Å²) in [5, 5.41) is 3.29. The molecule has 2 rings (SSSR count). The van der Waals surface area contributed by atoms with E-state index in [1.165, 1.54) is 4.90 Å². The van der Waals surface area contributed by atoms with Gasteiger partial charge in [-0.3, -0.25) is 9.69 Å². The van der Waals surface area contributed by atoms with Crippen LogP contribution in [0.15, 0.2) is 0 Å². The summed E-state index contributed by atoms with van der Waals surface area (Å²) in [7, 11) is 0. The molecule has 5 nitrogen and oxygen atoms in total. The van der Waals surface area contributed by atoms with Crippen LogP contribution in [-0.4, -0.2) is 54.0 Å².